The summed E-state index contributed by atoms with van der Waals surface area (Å²) in [5.74, 6) is -5.60. The van der Waals surface area contributed by atoms with Crippen molar-refractivity contribution in [3.63, 3.8) is 0 Å². The summed E-state index contributed by atoms with van der Waals surface area (Å²) in [6.07, 6.45) is -3.67. The third kappa shape index (κ3) is 12.3. The summed E-state index contributed by atoms with van der Waals surface area (Å²) < 4.78 is 43.3. The topological polar surface area (TPSA) is 195 Å². The van der Waals surface area contributed by atoms with E-state index >= 15 is 0 Å². The van der Waals surface area contributed by atoms with Gasteiger partial charge in [0.15, 0.2) is 18.9 Å². The molecule has 0 aliphatic carbocycles. The Bertz CT molecular complexity index is 1160. The second-order valence-corrected chi connectivity index (χ2v) is 16.9. The SMILES string of the molecule is CCCOC(OC1CC(N(C)C)CC(C)O1)C(C)C(OC1CC(C)(OC)C(O)(O)C(C)O1)C(C)C(=O)OC(CC)C(C)(O)C(O)C(C)C(N=O)C(C)CCC. The number of rotatable bonds is 23. The van der Waals surface area contributed by atoms with E-state index in [9.17, 15) is 30.1 Å². The van der Waals surface area contributed by atoms with E-state index in [-0.39, 0.29) is 30.9 Å². The summed E-state index contributed by atoms with van der Waals surface area (Å²) in [5, 5.41) is 48.4. The highest BCUT2D eigenvalue weighted by Crippen LogP contribution is 2.41. The molecule has 0 radical (unpaired) electrons. The van der Waals surface area contributed by atoms with Crippen molar-refractivity contribution in [2.45, 2.75) is 200 Å². The quantitative estimate of drug-likeness (QED) is 0.0630. The average Bonchev–Trinajstić information content (AvgIpc) is 3.12. The Balaban J connectivity index is 2.49. The van der Waals surface area contributed by atoms with Crippen LogP contribution in [0.3, 0.4) is 0 Å². The minimum Gasteiger partial charge on any atom is -0.459 e. The van der Waals surface area contributed by atoms with E-state index in [1.807, 2.05) is 48.7 Å². The summed E-state index contributed by atoms with van der Waals surface area (Å²) in [4.78, 5) is 28.3. The number of hydrogen-bond acceptors (Lipinski definition) is 15. The first-order chi connectivity index (χ1) is 25.6. The van der Waals surface area contributed by atoms with Crippen molar-refractivity contribution in [3.8, 4) is 0 Å². The Kier molecular flexibility index (Phi) is 19.5. The highest BCUT2D eigenvalue weighted by atomic mass is 16.8. The molecule has 15 heteroatoms. The van der Waals surface area contributed by atoms with E-state index in [4.69, 9.17) is 33.2 Å². The largest absolute Gasteiger partial charge is 0.459 e. The van der Waals surface area contributed by atoms with Crippen molar-refractivity contribution < 1.29 is 58.4 Å². The van der Waals surface area contributed by atoms with Crippen LogP contribution in [0.1, 0.15) is 121 Å². The second kappa shape index (κ2) is 21.6. The van der Waals surface area contributed by atoms with E-state index in [0.29, 0.717) is 19.4 Å². The van der Waals surface area contributed by atoms with Gasteiger partial charge in [0, 0.05) is 44.4 Å². The third-order valence-corrected chi connectivity index (χ3v) is 12.1. The Hall–Kier alpha value is -1.37. The van der Waals surface area contributed by atoms with Crippen LogP contribution in [0.2, 0.25) is 0 Å². The van der Waals surface area contributed by atoms with Crippen LogP contribution in [-0.2, 0) is 38.0 Å². The van der Waals surface area contributed by atoms with Gasteiger partial charge < -0.3 is 58.5 Å². The molecule has 0 saturated carbocycles. The van der Waals surface area contributed by atoms with Crippen LogP contribution in [0.15, 0.2) is 5.18 Å². The predicted octanol–water partition coefficient (Wildman–Crippen LogP) is 4.73. The zero-order chi connectivity index (χ0) is 42.1. The van der Waals surface area contributed by atoms with Crippen molar-refractivity contribution in [2.75, 3.05) is 27.8 Å². The van der Waals surface area contributed by atoms with Gasteiger partial charge in [0.05, 0.1) is 30.3 Å². The second-order valence-electron chi connectivity index (χ2n) is 16.9. The van der Waals surface area contributed by atoms with Gasteiger partial charge in [-0.15, -0.1) is 0 Å². The Morgan fingerprint density at radius 1 is 1.00 bits per heavy atom. The molecule has 0 aromatic rings. The van der Waals surface area contributed by atoms with Gasteiger partial charge in [0.1, 0.15) is 23.4 Å². The van der Waals surface area contributed by atoms with Gasteiger partial charge >= 0.3 is 5.97 Å². The first-order valence-corrected chi connectivity index (χ1v) is 20.4. The fraction of sp³-hybridized carbons (Fsp3) is 0.975. The molecule has 2 heterocycles. The molecular formula is C40H76N2O13. The van der Waals surface area contributed by atoms with Gasteiger partial charge in [-0.25, -0.2) is 0 Å². The molecule has 2 aliphatic rings. The van der Waals surface area contributed by atoms with Gasteiger partial charge in [-0.3, -0.25) is 4.79 Å². The van der Waals surface area contributed by atoms with E-state index in [1.165, 1.54) is 21.0 Å². The fourth-order valence-corrected chi connectivity index (χ4v) is 8.14. The van der Waals surface area contributed by atoms with Crippen LogP contribution in [0.4, 0.5) is 0 Å². The van der Waals surface area contributed by atoms with Crippen molar-refractivity contribution in [3.05, 3.63) is 4.91 Å². The minimum atomic E-state index is -2.34. The fourth-order valence-electron chi connectivity index (χ4n) is 8.14. The number of nitrogens with zero attached hydrogens (tertiary/aromatic N) is 2. The van der Waals surface area contributed by atoms with E-state index < -0.39 is 90.0 Å². The maximum atomic E-state index is 14.2. The van der Waals surface area contributed by atoms with Gasteiger partial charge in [0.25, 0.3) is 0 Å². The molecule has 0 bridgehead atoms. The monoisotopic (exact) mass is 793 g/mol. The molecule has 2 saturated heterocycles. The number of methoxy groups -OCH3 is 1. The van der Waals surface area contributed by atoms with Crippen LogP contribution >= 0.6 is 0 Å². The molecule has 55 heavy (non-hydrogen) atoms. The predicted molar refractivity (Wildman–Crippen MR) is 207 cm³/mol. The standard InChI is InChI=1S/C40H76N2O13/c1-15-18-23(4)33(41-48)25(6)35(43)39(11,45)30(17-3)53-36(44)26(7)34(54-32-22-38(10,49-14)40(46,47)28(9)52-32)27(8)37(50-19-16-2)55-31-21-29(42(12)13)20-24(5)51-31/h23-35,37,43,45-47H,15-22H2,1-14H3. The Morgan fingerprint density at radius 3 is 2.16 bits per heavy atom. The summed E-state index contributed by atoms with van der Waals surface area (Å²) in [6.45, 7) is 19.5. The van der Waals surface area contributed by atoms with Gasteiger partial charge in [-0.1, -0.05) is 53.1 Å². The maximum Gasteiger partial charge on any atom is 0.311 e. The van der Waals surface area contributed by atoms with E-state index in [1.54, 1.807) is 27.7 Å². The van der Waals surface area contributed by atoms with Crippen LogP contribution in [0, 0.1) is 28.6 Å². The average molecular weight is 793 g/mol. The molecule has 16 atom stereocenters. The van der Waals surface area contributed by atoms with Crippen molar-refractivity contribution in [1.82, 2.24) is 4.90 Å². The molecule has 15 nitrogen and oxygen atoms in total. The molecule has 4 N–H and O–H groups in total. The molecule has 16 unspecified atom stereocenters. The molecule has 2 fully saturated rings. The Morgan fingerprint density at radius 2 is 1.64 bits per heavy atom. The third-order valence-electron chi connectivity index (χ3n) is 12.1. The number of carbonyl (C=O) groups excluding carboxylic acids is 1. The molecule has 0 amide bonds. The molecule has 324 valence electrons. The first kappa shape index (κ1) is 49.8. The van der Waals surface area contributed by atoms with Crippen LogP contribution in [0.5, 0.6) is 0 Å². The molecular weight excluding hydrogens is 716 g/mol. The molecule has 2 aliphatic heterocycles. The maximum absolute atomic E-state index is 14.2. The normalized spacial score (nSPS) is 31.9. The number of hydrogen-bond donors (Lipinski definition) is 4. The first-order valence-electron chi connectivity index (χ1n) is 20.4. The van der Waals surface area contributed by atoms with Crippen molar-refractivity contribution in [2.24, 2.45) is 28.8 Å². The lowest BCUT2D eigenvalue weighted by atomic mass is 9.77. The lowest BCUT2D eigenvalue weighted by Crippen LogP contribution is -2.66. The van der Waals surface area contributed by atoms with Gasteiger partial charge in [-0.2, -0.15) is 4.91 Å². The molecule has 0 aromatic heterocycles. The molecule has 0 aromatic carbocycles. The number of carbonyl (C=O) groups is 1. The minimum absolute atomic E-state index is 0.0698. The number of nitroso groups, excluding NO2 is 1. The van der Waals surface area contributed by atoms with Crippen LogP contribution in [-0.4, -0.2) is 138 Å². The van der Waals surface area contributed by atoms with E-state index in [2.05, 4.69) is 10.1 Å². The van der Waals surface area contributed by atoms with Crippen molar-refractivity contribution >= 4 is 5.97 Å². The summed E-state index contributed by atoms with van der Waals surface area (Å²) >= 11 is 0. The summed E-state index contributed by atoms with van der Waals surface area (Å²) in [5.41, 5.74) is -3.43. The molecule has 2 rings (SSSR count). The van der Waals surface area contributed by atoms with Crippen LogP contribution in [0.25, 0.3) is 0 Å². The highest BCUT2D eigenvalue weighted by Gasteiger charge is 2.57. The van der Waals surface area contributed by atoms with E-state index in [0.717, 1.165) is 19.3 Å². The van der Waals surface area contributed by atoms with Gasteiger partial charge in [0.2, 0.25) is 5.79 Å². The number of aliphatic hydroxyl groups excluding tert-OH is 1. The van der Waals surface area contributed by atoms with Crippen LogP contribution < -0.4 is 0 Å². The van der Waals surface area contributed by atoms with Crippen molar-refractivity contribution in [1.29, 1.82) is 0 Å². The molecule has 0 spiro atoms. The summed E-state index contributed by atoms with van der Waals surface area (Å²) in [7, 11) is 5.40. The zero-order valence-electron chi connectivity index (χ0n) is 36.1. The Labute approximate surface area is 330 Å². The number of aliphatic hydroxyl groups is 4. The zero-order valence-corrected chi connectivity index (χ0v) is 36.1. The number of ether oxygens (including phenoxy) is 7. The van der Waals surface area contributed by atoms with Gasteiger partial charge in [-0.05, 0) is 80.3 Å². The smallest absolute Gasteiger partial charge is 0.311 e. The number of esters is 1. The summed E-state index contributed by atoms with van der Waals surface area (Å²) in [6, 6.07) is -0.550. The lowest BCUT2D eigenvalue weighted by molar-refractivity contribution is -0.392. The lowest BCUT2D eigenvalue weighted by Gasteiger charge is -2.50. The highest BCUT2D eigenvalue weighted by molar-refractivity contribution is 5.73.